The molecule has 6 heteroatoms. The molecule has 1 amide bonds. The summed E-state index contributed by atoms with van der Waals surface area (Å²) in [5, 5.41) is 0.720. The molecule has 0 aliphatic rings. The van der Waals surface area contributed by atoms with Gasteiger partial charge in [-0.1, -0.05) is 29.8 Å². The summed E-state index contributed by atoms with van der Waals surface area (Å²) in [6, 6.07) is 12.3. The van der Waals surface area contributed by atoms with Crippen molar-refractivity contribution >= 4 is 39.8 Å². The van der Waals surface area contributed by atoms with Crippen LogP contribution in [0.25, 0.3) is 11.0 Å². The van der Waals surface area contributed by atoms with Crippen molar-refractivity contribution in [1.29, 1.82) is 0 Å². The van der Waals surface area contributed by atoms with Crippen LogP contribution >= 0.6 is 22.9 Å². The van der Waals surface area contributed by atoms with Crippen molar-refractivity contribution in [3.63, 3.8) is 0 Å². The standard InChI is InChI=1S/C16H12ClNO3S/c1-18(9-11-6-7-14(17)22-11)15(19)12-8-10-4-2-3-5-13(10)21-16(12)20/h2-8H,9H2,1H3. The van der Waals surface area contributed by atoms with Gasteiger partial charge in [0, 0.05) is 17.3 Å². The normalized spacial score (nSPS) is 10.8. The lowest BCUT2D eigenvalue weighted by Gasteiger charge is -2.15. The number of thiophene rings is 1. The number of fused-ring (bicyclic) bond motifs is 1. The molecule has 112 valence electrons. The van der Waals surface area contributed by atoms with E-state index in [-0.39, 0.29) is 11.5 Å². The topological polar surface area (TPSA) is 50.5 Å². The van der Waals surface area contributed by atoms with Crippen molar-refractivity contribution in [1.82, 2.24) is 4.90 Å². The maximum Gasteiger partial charge on any atom is 0.349 e. The first-order valence-electron chi connectivity index (χ1n) is 6.57. The monoisotopic (exact) mass is 333 g/mol. The molecule has 0 spiro atoms. The van der Waals surface area contributed by atoms with Gasteiger partial charge >= 0.3 is 5.63 Å². The minimum atomic E-state index is -0.625. The van der Waals surface area contributed by atoms with E-state index < -0.39 is 5.63 Å². The Labute approximate surface area is 135 Å². The molecule has 3 aromatic rings. The molecule has 3 rings (SSSR count). The zero-order valence-electron chi connectivity index (χ0n) is 11.7. The van der Waals surface area contributed by atoms with E-state index in [2.05, 4.69) is 0 Å². The summed E-state index contributed by atoms with van der Waals surface area (Å²) in [4.78, 5) is 26.9. The molecule has 0 saturated carbocycles. The van der Waals surface area contributed by atoms with Crippen molar-refractivity contribution in [2.75, 3.05) is 7.05 Å². The van der Waals surface area contributed by atoms with Gasteiger partial charge in [-0.15, -0.1) is 11.3 Å². The Morgan fingerprint density at radius 1 is 1.27 bits per heavy atom. The first kappa shape index (κ1) is 14.8. The molecule has 0 bridgehead atoms. The average molecular weight is 334 g/mol. The largest absolute Gasteiger partial charge is 0.422 e. The Bertz CT molecular complexity index is 900. The predicted molar refractivity (Wildman–Crippen MR) is 87.6 cm³/mol. The molecule has 0 saturated heterocycles. The van der Waals surface area contributed by atoms with Crippen molar-refractivity contribution in [3.8, 4) is 0 Å². The lowest BCUT2D eigenvalue weighted by molar-refractivity contribution is 0.0782. The zero-order valence-corrected chi connectivity index (χ0v) is 13.3. The summed E-state index contributed by atoms with van der Waals surface area (Å²) in [7, 11) is 1.64. The molecule has 0 N–H and O–H groups in total. The first-order chi connectivity index (χ1) is 10.5. The van der Waals surface area contributed by atoms with Gasteiger partial charge in [0.25, 0.3) is 5.91 Å². The molecule has 2 aromatic heterocycles. The van der Waals surface area contributed by atoms with Crippen LogP contribution in [0, 0.1) is 0 Å². The second-order valence-electron chi connectivity index (χ2n) is 4.85. The van der Waals surface area contributed by atoms with Crippen LogP contribution in [0.1, 0.15) is 15.2 Å². The van der Waals surface area contributed by atoms with Gasteiger partial charge in [-0.05, 0) is 24.3 Å². The van der Waals surface area contributed by atoms with Gasteiger partial charge < -0.3 is 9.32 Å². The Balaban J connectivity index is 1.91. The third-order valence-corrected chi connectivity index (χ3v) is 4.46. The predicted octanol–water partition coefficient (Wildman–Crippen LogP) is 3.78. The van der Waals surface area contributed by atoms with Crippen LogP contribution in [0.5, 0.6) is 0 Å². The van der Waals surface area contributed by atoms with Gasteiger partial charge in [0.15, 0.2) is 0 Å². The zero-order chi connectivity index (χ0) is 15.7. The summed E-state index contributed by atoms with van der Waals surface area (Å²) >= 11 is 7.29. The molecule has 0 aliphatic carbocycles. The molecule has 22 heavy (non-hydrogen) atoms. The molecule has 0 fully saturated rings. The fourth-order valence-electron chi connectivity index (χ4n) is 2.16. The van der Waals surface area contributed by atoms with Crippen LogP contribution in [0.3, 0.4) is 0 Å². The maximum absolute atomic E-state index is 12.5. The highest BCUT2D eigenvalue weighted by Gasteiger charge is 2.18. The number of rotatable bonds is 3. The van der Waals surface area contributed by atoms with Crippen molar-refractivity contribution < 1.29 is 9.21 Å². The number of amides is 1. The molecule has 0 aliphatic heterocycles. The van der Waals surface area contributed by atoms with Gasteiger partial charge in [0.1, 0.15) is 11.1 Å². The van der Waals surface area contributed by atoms with E-state index in [0.717, 1.165) is 10.3 Å². The SMILES string of the molecule is CN(Cc1ccc(Cl)s1)C(=O)c1cc2ccccc2oc1=O. The molecule has 4 nitrogen and oxygen atoms in total. The second-order valence-corrected chi connectivity index (χ2v) is 6.65. The molecule has 0 atom stereocenters. The maximum atomic E-state index is 12.5. The van der Waals surface area contributed by atoms with Crippen LogP contribution in [-0.2, 0) is 6.54 Å². The number of carbonyl (C=O) groups excluding carboxylic acids is 1. The van der Waals surface area contributed by atoms with E-state index in [1.807, 2.05) is 12.1 Å². The summed E-state index contributed by atoms with van der Waals surface area (Å²) < 4.78 is 5.86. The molecule has 1 aromatic carbocycles. The fraction of sp³-hybridized carbons (Fsp3) is 0.125. The van der Waals surface area contributed by atoms with Gasteiger partial charge in [-0.25, -0.2) is 4.79 Å². The number of hydrogen-bond donors (Lipinski definition) is 0. The summed E-state index contributed by atoms with van der Waals surface area (Å²) in [6.07, 6.45) is 0. The second kappa shape index (κ2) is 5.94. The van der Waals surface area contributed by atoms with Crippen molar-refractivity contribution in [2.24, 2.45) is 0 Å². The highest BCUT2D eigenvalue weighted by atomic mass is 35.5. The number of benzene rings is 1. The van der Waals surface area contributed by atoms with Gasteiger partial charge in [-0.2, -0.15) is 0 Å². The Kier molecular flexibility index (Phi) is 4.00. The number of carbonyl (C=O) groups is 1. The Morgan fingerprint density at radius 3 is 2.77 bits per heavy atom. The van der Waals surface area contributed by atoms with Crippen LogP contribution in [0.2, 0.25) is 4.34 Å². The number of halogens is 1. The van der Waals surface area contributed by atoms with E-state index in [9.17, 15) is 9.59 Å². The Hall–Kier alpha value is -2.11. The molecular weight excluding hydrogens is 322 g/mol. The first-order valence-corrected chi connectivity index (χ1v) is 7.76. The van der Waals surface area contributed by atoms with Crippen LogP contribution in [0.4, 0.5) is 0 Å². The van der Waals surface area contributed by atoms with Crippen molar-refractivity contribution in [3.05, 3.63) is 67.7 Å². The number of hydrogen-bond acceptors (Lipinski definition) is 4. The van der Waals surface area contributed by atoms with Gasteiger partial charge in [0.05, 0.1) is 10.9 Å². The van der Waals surface area contributed by atoms with E-state index >= 15 is 0 Å². The minimum Gasteiger partial charge on any atom is -0.422 e. The Morgan fingerprint density at radius 2 is 2.05 bits per heavy atom. The van der Waals surface area contributed by atoms with Gasteiger partial charge in [0.2, 0.25) is 0 Å². The van der Waals surface area contributed by atoms with Crippen LogP contribution in [0.15, 0.2) is 51.7 Å². The van der Waals surface area contributed by atoms with E-state index in [4.69, 9.17) is 16.0 Å². The number of nitrogens with zero attached hydrogens (tertiary/aromatic N) is 1. The van der Waals surface area contributed by atoms with E-state index in [1.165, 1.54) is 16.2 Å². The lowest BCUT2D eigenvalue weighted by Crippen LogP contribution is -2.29. The molecule has 0 radical (unpaired) electrons. The molecule has 0 unspecified atom stereocenters. The highest BCUT2D eigenvalue weighted by Crippen LogP contribution is 2.23. The fourth-order valence-corrected chi connectivity index (χ4v) is 3.30. The highest BCUT2D eigenvalue weighted by molar-refractivity contribution is 7.16. The van der Waals surface area contributed by atoms with E-state index in [1.54, 1.807) is 37.4 Å². The van der Waals surface area contributed by atoms with Crippen LogP contribution < -0.4 is 5.63 Å². The third-order valence-electron chi connectivity index (χ3n) is 3.24. The third kappa shape index (κ3) is 2.91. The smallest absolute Gasteiger partial charge is 0.349 e. The molecular formula is C16H12ClNO3S. The summed E-state index contributed by atoms with van der Waals surface area (Å²) in [6.45, 7) is 0.391. The molecule has 2 heterocycles. The van der Waals surface area contributed by atoms with E-state index in [0.29, 0.717) is 16.5 Å². The average Bonchev–Trinajstić information content (AvgIpc) is 2.91. The summed E-state index contributed by atoms with van der Waals surface area (Å²) in [5.41, 5.74) is -0.125. The number of para-hydroxylation sites is 1. The summed E-state index contributed by atoms with van der Waals surface area (Å²) in [5.74, 6) is -0.371. The van der Waals surface area contributed by atoms with Crippen molar-refractivity contribution in [2.45, 2.75) is 6.54 Å². The van der Waals surface area contributed by atoms with Crippen LogP contribution in [-0.4, -0.2) is 17.9 Å². The minimum absolute atomic E-state index is 0.0313. The quantitative estimate of drug-likeness (QED) is 0.685. The lowest BCUT2D eigenvalue weighted by atomic mass is 10.1. The van der Waals surface area contributed by atoms with Gasteiger partial charge in [-0.3, -0.25) is 4.79 Å².